The van der Waals surface area contributed by atoms with Crippen molar-refractivity contribution in [3.05, 3.63) is 0 Å². The second-order valence-electron chi connectivity index (χ2n) is 4.73. The van der Waals surface area contributed by atoms with E-state index in [0.717, 1.165) is 11.5 Å². The summed E-state index contributed by atoms with van der Waals surface area (Å²) in [4.78, 5) is 0. The second-order valence-corrected chi connectivity index (χ2v) is 13.3. The van der Waals surface area contributed by atoms with Gasteiger partial charge in [0, 0.05) is 22.0 Å². The van der Waals surface area contributed by atoms with Gasteiger partial charge in [-0.3, -0.25) is 9.11 Å². The fourth-order valence-corrected chi connectivity index (χ4v) is 8.54. The molecule has 0 saturated carbocycles. The van der Waals surface area contributed by atoms with E-state index in [-0.39, 0.29) is 23.7 Å². The molecule has 0 aromatic heterocycles. The molecule has 0 aliphatic carbocycles. The minimum Gasteiger partial charge on any atom is -0.379 e. The van der Waals surface area contributed by atoms with Gasteiger partial charge in [0.25, 0.3) is 20.2 Å². The summed E-state index contributed by atoms with van der Waals surface area (Å²) in [5.41, 5.74) is 0. The molecule has 0 radical (unpaired) electrons. The Morgan fingerprint density at radius 1 is 0.792 bits per heavy atom. The molecule has 1 aliphatic heterocycles. The lowest BCUT2D eigenvalue weighted by Crippen LogP contribution is -2.22. The average molecular weight is 461 g/mol. The van der Waals surface area contributed by atoms with Gasteiger partial charge in [-0.25, -0.2) is 0 Å². The topological polar surface area (TPSA) is 127 Å². The van der Waals surface area contributed by atoms with Gasteiger partial charge >= 0.3 is 0 Å². The zero-order chi connectivity index (χ0) is 18.1. The highest BCUT2D eigenvalue weighted by molar-refractivity contribution is 8.80. The van der Waals surface area contributed by atoms with Crippen LogP contribution in [0.1, 0.15) is 0 Å². The molecule has 0 aromatic carbocycles. The molecule has 0 unspecified atom stereocenters. The van der Waals surface area contributed by atoms with Crippen molar-refractivity contribution in [1.82, 2.24) is 0 Å². The molecule has 1 saturated heterocycles. The summed E-state index contributed by atoms with van der Waals surface area (Å²) in [6, 6.07) is 0. The van der Waals surface area contributed by atoms with Crippen LogP contribution < -0.4 is 0 Å². The van der Waals surface area contributed by atoms with Gasteiger partial charge < -0.3 is 9.47 Å². The molecule has 2 atom stereocenters. The van der Waals surface area contributed by atoms with Crippen LogP contribution in [-0.2, 0) is 29.7 Å². The Bertz CT molecular complexity index is 500. The van der Waals surface area contributed by atoms with E-state index in [4.69, 9.17) is 18.6 Å². The Labute approximate surface area is 158 Å². The van der Waals surface area contributed by atoms with Crippen LogP contribution in [0.25, 0.3) is 0 Å². The monoisotopic (exact) mass is 460 g/mol. The van der Waals surface area contributed by atoms with Gasteiger partial charge in [-0.15, -0.1) is 0 Å². The van der Waals surface area contributed by atoms with Crippen molar-refractivity contribution in [1.29, 1.82) is 0 Å². The van der Waals surface area contributed by atoms with Crippen molar-refractivity contribution < 1.29 is 35.4 Å². The van der Waals surface area contributed by atoms with Gasteiger partial charge in [0.1, 0.15) is 0 Å². The fraction of sp³-hybridized carbons (Fsp3) is 1.00. The molecule has 1 fully saturated rings. The average Bonchev–Trinajstić information content (AvgIpc) is 2.41. The third kappa shape index (κ3) is 13.4. The minimum absolute atomic E-state index is 0.0411. The quantitative estimate of drug-likeness (QED) is 0.277. The van der Waals surface area contributed by atoms with Crippen molar-refractivity contribution in [3.63, 3.8) is 0 Å². The van der Waals surface area contributed by atoms with E-state index in [1.54, 1.807) is 43.2 Å². The highest BCUT2D eigenvalue weighted by Gasteiger charge is 2.20. The lowest BCUT2D eigenvalue weighted by molar-refractivity contribution is 0.152. The predicted molar refractivity (Wildman–Crippen MR) is 102 cm³/mol. The first-order chi connectivity index (χ1) is 11.2. The van der Waals surface area contributed by atoms with Gasteiger partial charge in [0.2, 0.25) is 0 Å². The summed E-state index contributed by atoms with van der Waals surface area (Å²) in [7, 11) is -1.36. The zero-order valence-electron chi connectivity index (χ0n) is 12.6. The van der Waals surface area contributed by atoms with Gasteiger partial charge in [0.15, 0.2) is 0 Å². The van der Waals surface area contributed by atoms with E-state index in [0.29, 0.717) is 13.2 Å². The Morgan fingerprint density at radius 2 is 1.17 bits per heavy atom. The Balaban J connectivity index is 2.22. The van der Waals surface area contributed by atoms with Gasteiger partial charge in [0.05, 0.1) is 37.9 Å². The largest absolute Gasteiger partial charge is 0.379 e. The predicted octanol–water partition coefficient (Wildman–Crippen LogP) is 1.31. The number of rotatable bonds is 10. The summed E-state index contributed by atoms with van der Waals surface area (Å²) in [6.45, 7) is 0.690. The van der Waals surface area contributed by atoms with Crippen molar-refractivity contribution in [2.24, 2.45) is 0 Å². The third-order valence-electron chi connectivity index (χ3n) is 2.50. The van der Waals surface area contributed by atoms with Crippen molar-refractivity contribution >= 4 is 63.4 Å². The molecule has 0 bridgehead atoms. The molecule has 1 aliphatic rings. The first-order valence-corrected chi connectivity index (χ1v) is 14.8. The van der Waals surface area contributed by atoms with Crippen LogP contribution in [0.2, 0.25) is 0 Å². The van der Waals surface area contributed by atoms with Crippen LogP contribution in [0.15, 0.2) is 0 Å². The molecule has 1 heterocycles. The Morgan fingerprint density at radius 3 is 1.50 bits per heavy atom. The van der Waals surface area contributed by atoms with Crippen LogP contribution in [-0.4, -0.2) is 85.9 Å². The molecule has 2 N–H and O–H groups in total. The summed E-state index contributed by atoms with van der Waals surface area (Å²) in [6.07, 6.45) is 0. The van der Waals surface area contributed by atoms with Gasteiger partial charge in [-0.2, -0.15) is 16.8 Å². The lowest BCUT2D eigenvalue weighted by atomic mass is 10.5. The molecule has 144 valence electrons. The maximum atomic E-state index is 10.6. The maximum absolute atomic E-state index is 10.6. The molecule has 0 aromatic rings. The van der Waals surface area contributed by atoms with Crippen LogP contribution >= 0.6 is 43.2 Å². The summed E-state index contributed by atoms with van der Waals surface area (Å²) in [5.74, 6) is 0.877. The lowest BCUT2D eigenvalue weighted by Gasteiger charge is -2.23. The van der Waals surface area contributed by atoms with Crippen LogP contribution in [0.5, 0.6) is 0 Å². The number of hydrogen-bond donors (Lipinski definition) is 2. The van der Waals surface area contributed by atoms with Crippen LogP contribution in [0, 0.1) is 0 Å². The highest BCUT2D eigenvalue weighted by atomic mass is 33.1. The number of hydrogen-bond acceptors (Lipinski definition) is 10. The summed E-state index contributed by atoms with van der Waals surface area (Å²) >= 11 is 0. The SMILES string of the molecule is O=S(=O)(O)CCOC[C@@H]1CSSC[C@H](COCCS(=O)(=O)O)SS1. The zero-order valence-corrected chi connectivity index (χ0v) is 17.5. The molecule has 1 rings (SSSR count). The van der Waals surface area contributed by atoms with E-state index in [1.165, 1.54) is 0 Å². The van der Waals surface area contributed by atoms with Crippen molar-refractivity contribution in [2.75, 3.05) is 49.4 Å². The van der Waals surface area contributed by atoms with E-state index >= 15 is 0 Å². The Kier molecular flexibility index (Phi) is 11.4. The molecule has 0 amide bonds. The van der Waals surface area contributed by atoms with Crippen molar-refractivity contribution in [3.8, 4) is 0 Å². The van der Waals surface area contributed by atoms with Crippen LogP contribution in [0.3, 0.4) is 0 Å². The maximum Gasteiger partial charge on any atom is 0.267 e. The molecular weight excluding hydrogens is 441 g/mol. The van der Waals surface area contributed by atoms with Crippen molar-refractivity contribution in [2.45, 2.75) is 10.5 Å². The molecule has 8 nitrogen and oxygen atoms in total. The van der Waals surface area contributed by atoms with Gasteiger partial charge in [-0.1, -0.05) is 43.2 Å². The smallest absolute Gasteiger partial charge is 0.267 e. The first kappa shape index (κ1) is 23.2. The second kappa shape index (κ2) is 11.8. The Hall–Kier alpha value is 1.14. The molecule has 0 spiro atoms. The van der Waals surface area contributed by atoms with E-state index in [2.05, 4.69) is 0 Å². The molecule has 14 heteroatoms. The van der Waals surface area contributed by atoms with E-state index < -0.39 is 31.7 Å². The minimum atomic E-state index is -4.00. The van der Waals surface area contributed by atoms with E-state index in [9.17, 15) is 16.8 Å². The van der Waals surface area contributed by atoms with E-state index in [1.807, 2.05) is 0 Å². The normalized spacial score (nSPS) is 23.6. The highest BCUT2D eigenvalue weighted by Crippen LogP contribution is 2.41. The standard InChI is InChI=1S/C10H20O8S6/c11-23(12,13)3-1-17-5-9-7-19-20-8-10(22-21-9)6-18-2-4-24(14,15)16/h9-10H,1-8H2,(H,11,12,13)(H,14,15,16)/t9-,10+. The molecule has 24 heavy (non-hydrogen) atoms. The first-order valence-electron chi connectivity index (χ1n) is 6.78. The van der Waals surface area contributed by atoms with Crippen LogP contribution in [0.4, 0.5) is 0 Å². The summed E-state index contributed by atoms with van der Waals surface area (Å²) in [5, 5.41) is 0.351. The fourth-order valence-electron chi connectivity index (χ4n) is 1.37. The molecular formula is C10H20O8S6. The third-order valence-corrected chi connectivity index (χ3v) is 10.1. The number of ether oxygens (including phenoxy) is 2. The summed E-state index contributed by atoms with van der Waals surface area (Å²) < 4.78 is 70.3. The van der Waals surface area contributed by atoms with Gasteiger partial charge in [-0.05, 0) is 0 Å².